The number of hydrogen-bond donors (Lipinski definition) is 1. The average Bonchev–Trinajstić information content (AvgIpc) is 2.90. The second-order valence-electron chi connectivity index (χ2n) is 3.94. The van der Waals surface area contributed by atoms with Crippen molar-refractivity contribution < 1.29 is 9.90 Å². The van der Waals surface area contributed by atoms with E-state index in [-0.39, 0.29) is 10.6 Å². The number of halogens is 1. The van der Waals surface area contributed by atoms with Crippen LogP contribution < -0.4 is 0 Å². The van der Waals surface area contributed by atoms with E-state index in [4.69, 9.17) is 16.7 Å². The van der Waals surface area contributed by atoms with Crippen LogP contribution in [-0.2, 0) is 0 Å². The Morgan fingerprint density at radius 3 is 2.95 bits per heavy atom. The Kier molecular flexibility index (Phi) is 3.33. The lowest BCUT2D eigenvalue weighted by atomic mass is 10.2. The summed E-state index contributed by atoms with van der Waals surface area (Å²) in [6, 6.07) is 6.73. The maximum absolute atomic E-state index is 11.1. The zero-order valence-corrected chi connectivity index (χ0v) is 11.6. The van der Waals surface area contributed by atoms with Crippen LogP contribution in [0.5, 0.6) is 0 Å². The van der Waals surface area contributed by atoms with Gasteiger partial charge in [0.2, 0.25) is 0 Å². The molecule has 0 amide bonds. The van der Waals surface area contributed by atoms with Gasteiger partial charge >= 0.3 is 5.97 Å². The van der Waals surface area contributed by atoms with Gasteiger partial charge in [0, 0.05) is 17.3 Å². The number of carboxylic acids is 1. The molecule has 2 aromatic heterocycles. The number of fused-ring (bicyclic) bond motifs is 1. The van der Waals surface area contributed by atoms with E-state index in [1.807, 2.05) is 6.07 Å². The van der Waals surface area contributed by atoms with Crippen molar-refractivity contribution >= 4 is 34.8 Å². The minimum atomic E-state index is -1.05. The Bertz CT molecular complexity index is 803. The Hall–Kier alpha value is -2.05. The molecule has 0 radical (unpaired) electrons. The van der Waals surface area contributed by atoms with Crippen molar-refractivity contribution in [2.45, 2.75) is 9.92 Å². The standard InChI is InChI=1S/C13H8ClN3O2S/c14-10-2-1-8(7-9(10)13(18)19)20-12-11-3-4-16-17(11)6-5-15-12/h1-7H,(H,18,19). The first-order chi connectivity index (χ1) is 9.65. The summed E-state index contributed by atoms with van der Waals surface area (Å²) >= 11 is 7.22. The normalized spacial score (nSPS) is 10.8. The van der Waals surface area contributed by atoms with Gasteiger partial charge in [-0.15, -0.1) is 0 Å². The highest BCUT2D eigenvalue weighted by molar-refractivity contribution is 7.99. The molecule has 2 heterocycles. The number of carbonyl (C=O) groups is 1. The first-order valence-corrected chi connectivity index (χ1v) is 6.83. The number of nitrogens with zero attached hydrogens (tertiary/aromatic N) is 3. The Morgan fingerprint density at radius 2 is 2.15 bits per heavy atom. The van der Waals surface area contributed by atoms with Crippen LogP contribution in [-0.4, -0.2) is 25.7 Å². The lowest BCUT2D eigenvalue weighted by molar-refractivity contribution is 0.0697. The van der Waals surface area contributed by atoms with E-state index >= 15 is 0 Å². The average molecular weight is 306 g/mol. The second kappa shape index (κ2) is 5.15. The molecule has 0 spiro atoms. The highest BCUT2D eigenvalue weighted by atomic mass is 35.5. The van der Waals surface area contributed by atoms with Crippen molar-refractivity contribution in [1.82, 2.24) is 14.6 Å². The van der Waals surface area contributed by atoms with Crippen LogP contribution in [0, 0.1) is 0 Å². The van der Waals surface area contributed by atoms with E-state index in [2.05, 4.69) is 10.1 Å². The fourth-order valence-corrected chi connectivity index (χ4v) is 2.87. The van der Waals surface area contributed by atoms with E-state index in [1.54, 1.807) is 35.2 Å². The third-order valence-electron chi connectivity index (χ3n) is 2.67. The molecule has 0 bridgehead atoms. The highest BCUT2D eigenvalue weighted by Gasteiger charge is 2.11. The van der Waals surface area contributed by atoms with Crippen LogP contribution in [0.25, 0.3) is 5.52 Å². The molecular weight excluding hydrogens is 298 g/mol. The van der Waals surface area contributed by atoms with E-state index in [1.165, 1.54) is 17.8 Å². The van der Waals surface area contributed by atoms with Crippen LogP contribution in [0.4, 0.5) is 0 Å². The number of aromatic carboxylic acids is 1. The predicted molar refractivity (Wildman–Crippen MR) is 75.5 cm³/mol. The topological polar surface area (TPSA) is 67.5 Å². The predicted octanol–water partition coefficient (Wildman–Crippen LogP) is 3.23. The molecule has 0 aliphatic heterocycles. The van der Waals surface area contributed by atoms with Gasteiger partial charge in [-0.2, -0.15) is 5.10 Å². The third kappa shape index (κ3) is 2.35. The molecule has 1 N–H and O–H groups in total. The summed E-state index contributed by atoms with van der Waals surface area (Å²) in [5.41, 5.74) is 0.946. The van der Waals surface area contributed by atoms with Crippen molar-refractivity contribution in [3.05, 3.63) is 53.4 Å². The van der Waals surface area contributed by atoms with Gasteiger partial charge in [0.1, 0.15) is 5.03 Å². The van der Waals surface area contributed by atoms with Gasteiger partial charge in [-0.1, -0.05) is 23.4 Å². The second-order valence-corrected chi connectivity index (χ2v) is 5.41. The summed E-state index contributed by atoms with van der Waals surface area (Å²) in [6.45, 7) is 0. The van der Waals surface area contributed by atoms with Gasteiger partial charge < -0.3 is 5.11 Å². The molecule has 5 nitrogen and oxygen atoms in total. The Morgan fingerprint density at radius 1 is 1.30 bits per heavy atom. The van der Waals surface area contributed by atoms with Crippen LogP contribution >= 0.6 is 23.4 Å². The maximum atomic E-state index is 11.1. The summed E-state index contributed by atoms with van der Waals surface area (Å²) in [5.74, 6) is -1.05. The number of rotatable bonds is 3. The first kappa shape index (κ1) is 13.0. The van der Waals surface area contributed by atoms with Crippen LogP contribution in [0.1, 0.15) is 10.4 Å². The molecule has 0 saturated heterocycles. The Balaban J connectivity index is 2.01. The molecule has 3 rings (SSSR count). The van der Waals surface area contributed by atoms with Gasteiger partial charge in [0.05, 0.1) is 22.3 Å². The number of carboxylic acid groups (broad SMARTS) is 1. The quantitative estimate of drug-likeness (QED) is 0.804. The van der Waals surface area contributed by atoms with E-state index in [0.717, 1.165) is 15.4 Å². The number of aromatic nitrogens is 3. The van der Waals surface area contributed by atoms with Crippen molar-refractivity contribution in [1.29, 1.82) is 0 Å². The molecule has 1 aromatic carbocycles. The molecular formula is C13H8ClN3O2S. The molecule has 0 aliphatic rings. The van der Waals surface area contributed by atoms with Gasteiger partial charge in [-0.05, 0) is 24.3 Å². The van der Waals surface area contributed by atoms with E-state index < -0.39 is 5.97 Å². The van der Waals surface area contributed by atoms with E-state index in [9.17, 15) is 4.79 Å². The SMILES string of the molecule is O=C(O)c1cc(Sc2nccn3nccc23)ccc1Cl. The van der Waals surface area contributed by atoms with E-state index in [0.29, 0.717) is 0 Å². The van der Waals surface area contributed by atoms with Crippen molar-refractivity contribution in [2.24, 2.45) is 0 Å². The number of benzene rings is 1. The van der Waals surface area contributed by atoms with Crippen LogP contribution in [0.15, 0.2) is 52.8 Å². The first-order valence-electron chi connectivity index (χ1n) is 5.64. The lowest BCUT2D eigenvalue weighted by Crippen LogP contribution is -1.97. The molecule has 7 heteroatoms. The minimum Gasteiger partial charge on any atom is -0.478 e. The molecule has 100 valence electrons. The fraction of sp³-hybridized carbons (Fsp3) is 0. The summed E-state index contributed by atoms with van der Waals surface area (Å²) < 4.78 is 1.71. The molecule has 0 atom stereocenters. The smallest absolute Gasteiger partial charge is 0.337 e. The zero-order chi connectivity index (χ0) is 14.1. The number of hydrogen-bond acceptors (Lipinski definition) is 4. The van der Waals surface area contributed by atoms with Gasteiger partial charge in [0.15, 0.2) is 0 Å². The molecule has 0 fully saturated rings. The lowest BCUT2D eigenvalue weighted by Gasteiger charge is -2.05. The molecule has 0 unspecified atom stereocenters. The summed E-state index contributed by atoms with van der Waals surface area (Å²) in [7, 11) is 0. The van der Waals surface area contributed by atoms with Crippen LogP contribution in [0.2, 0.25) is 5.02 Å². The molecule has 20 heavy (non-hydrogen) atoms. The van der Waals surface area contributed by atoms with Gasteiger partial charge in [-0.25, -0.2) is 14.3 Å². The molecule has 3 aromatic rings. The van der Waals surface area contributed by atoms with Crippen molar-refractivity contribution in [3.8, 4) is 0 Å². The molecule has 0 aliphatic carbocycles. The fourth-order valence-electron chi connectivity index (χ4n) is 1.75. The van der Waals surface area contributed by atoms with Crippen LogP contribution in [0.3, 0.4) is 0 Å². The minimum absolute atomic E-state index is 0.0807. The van der Waals surface area contributed by atoms with Gasteiger partial charge in [0.25, 0.3) is 0 Å². The Labute approximate surface area is 123 Å². The van der Waals surface area contributed by atoms with Gasteiger partial charge in [-0.3, -0.25) is 0 Å². The maximum Gasteiger partial charge on any atom is 0.337 e. The highest BCUT2D eigenvalue weighted by Crippen LogP contribution is 2.31. The monoisotopic (exact) mass is 305 g/mol. The van der Waals surface area contributed by atoms with Crippen molar-refractivity contribution in [3.63, 3.8) is 0 Å². The summed E-state index contributed by atoms with van der Waals surface area (Å²) in [6.07, 6.45) is 5.09. The zero-order valence-electron chi connectivity index (χ0n) is 10.0. The largest absolute Gasteiger partial charge is 0.478 e. The summed E-state index contributed by atoms with van der Waals surface area (Å²) in [5, 5.41) is 14.2. The molecule has 0 saturated carbocycles. The third-order valence-corrected chi connectivity index (χ3v) is 4.00. The van der Waals surface area contributed by atoms with Crippen molar-refractivity contribution in [2.75, 3.05) is 0 Å². The summed E-state index contributed by atoms with van der Waals surface area (Å²) in [4.78, 5) is 16.1.